The van der Waals surface area contributed by atoms with Crippen LogP contribution in [0.15, 0.2) is 0 Å². The van der Waals surface area contributed by atoms with E-state index in [9.17, 15) is 0 Å². The molecule has 2 heteroatoms. The van der Waals surface area contributed by atoms with E-state index in [1.807, 2.05) is 0 Å². The first-order valence-electron chi connectivity index (χ1n) is 14.3. The predicted molar refractivity (Wildman–Crippen MR) is 131 cm³/mol. The molecule has 8 aliphatic carbocycles. The summed E-state index contributed by atoms with van der Waals surface area (Å²) in [5.74, 6) is 7.10. The molecule has 8 saturated carbocycles. The molecule has 0 aliphatic heterocycles. The molecule has 6 unspecified atom stereocenters. The largest absolute Gasteiger partial charge is 0.0729 e. The van der Waals surface area contributed by atoms with Gasteiger partial charge >= 0.3 is 0 Å². The van der Waals surface area contributed by atoms with Gasteiger partial charge in [-0.05, 0) is 160 Å². The molecule has 0 N–H and O–H groups in total. The molecule has 0 aromatic rings. The number of fused-ring (bicyclic) bond motifs is 8. The molecule has 0 aromatic heterocycles. The van der Waals surface area contributed by atoms with Crippen LogP contribution in [0.3, 0.4) is 0 Å². The Morgan fingerprint density at radius 3 is 1.23 bits per heavy atom. The van der Waals surface area contributed by atoms with Gasteiger partial charge in [-0.1, -0.05) is 28.1 Å². The highest BCUT2D eigenvalue weighted by molar-refractivity contribution is 8.31. The Morgan fingerprint density at radius 2 is 0.933 bits per heavy atom. The Bertz CT molecular complexity index is 641. The molecule has 6 atom stereocenters. The van der Waals surface area contributed by atoms with E-state index in [0.717, 1.165) is 10.3 Å². The smallest absolute Gasteiger partial charge is 0.00478 e. The van der Waals surface area contributed by atoms with Crippen molar-refractivity contribution in [1.29, 1.82) is 0 Å². The first-order valence-corrected chi connectivity index (χ1v) is 17.8. The Morgan fingerprint density at radius 1 is 0.467 bits per heavy atom. The van der Waals surface area contributed by atoms with Crippen molar-refractivity contribution in [2.24, 2.45) is 35.5 Å². The molecule has 30 heavy (non-hydrogen) atoms. The van der Waals surface area contributed by atoms with Crippen molar-refractivity contribution in [3.63, 3.8) is 0 Å². The molecule has 0 heterocycles. The zero-order valence-electron chi connectivity index (χ0n) is 19.2. The maximum atomic E-state index is 1.73. The summed E-state index contributed by atoms with van der Waals surface area (Å²) in [5.41, 5.74) is 2.52. The van der Waals surface area contributed by atoms with Gasteiger partial charge < -0.3 is 0 Å². The minimum atomic E-state index is 0.307. The fourth-order valence-corrected chi connectivity index (χ4v) is 27.4. The molecular weight excluding hydrogens is 398 g/mol. The first-order chi connectivity index (χ1) is 14.7. The summed E-state index contributed by atoms with van der Waals surface area (Å²) in [7, 11) is 0.639. The lowest BCUT2D eigenvalue weighted by Gasteiger charge is -2.56. The van der Waals surface area contributed by atoms with Crippen molar-refractivity contribution in [3.05, 3.63) is 0 Å². The molecule has 0 nitrogen and oxygen atoms in total. The standard InChI is InChI=1S/C28H44P2/c1-3-23-13-21(1)15-25(23)29(26-16-22-2-4-24(26)14-22)30(27-9-5-19(17-27)6-10-27)28-11-7-20(18-28)8-12-28/h19-26H,1-18H2. The molecule has 0 amide bonds. The van der Waals surface area contributed by atoms with Crippen LogP contribution in [0, 0.1) is 35.5 Å². The summed E-state index contributed by atoms with van der Waals surface area (Å²) in [6, 6.07) is 0. The van der Waals surface area contributed by atoms with Crippen molar-refractivity contribution in [3.8, 4) is 0 Å². The van der Waals surface area contributed by atoms with Gasteiger partial charge in [0, 0.05) is 0 Å². The lowest BCUT2D eigenvalue weighted by molar-refractivity contribution is 0.460. The Balaban J connectivity index is 1.25. The van der Waals surface area contributed by atoms with E-state index in [-0.39, 0.29) is 0 Å². The van der Waals surface area contributed by atoms with E-state index in [0.29, 0.717) is 15.2 Å². The van der Waals surface area contributed by atoms with Gasteiger partial charge in [-0.2, -0.15) is 0 Å². The van der Waals surface area contributed by atoms with Gasteiger partial charge in [0.15, 0.2) is 0 Å². The molecule has 8 aliphatic rings. The second-order valence-corrected chi connectivity index (χ2v) is 21.1. The first kappa shape index (κ1) is 19.2. The van der Waals surface area contributed by atoms with Crippen molar-refractivity contribution in [2.75, 3.05) is 0 Å². The summed E-state index contributed by atoms with van der Waals surface area (Å²) in [5, 5.41) is 1.82. The van der Waals surface area contributed by atoms with Crippen LogP contribution in [-0.4, -0.2) is 21.6 Å². The minimum Gasteiger partial charge on any atom is -0.0729 e. The summed E-state index contributed by atoms with van der Waals surface area (Å²) in [6.07, 6.45) is 30.2. The van der Waals surface area contributed by atoms with Gasteiger partial charge in [0.2, 0.25) is 0 Å². The van der Waals surface area contributed by atoms with Crippen LogP contribution in [0.25, 0.3) is 0 Å². The van der Waals surface area contributed by atoms with E-state index in [2.05, 4.69) is 0 Å². The van der Waals surface area contributed by atoms with E-state index < -0.39 is 0 Å². The summed E-state index contributed by atoms with van der Waals surface area (Å²) < 4.78 is 0. The second-order valence-electron chi connectivity index (χ2n) is 13.9. The topological polar surface area (TPSA) is 0 Å². The Hall–Kier alpha value is 0.860. The van der Waals surface area contributed by atoms with Gasteiger partial charge in [0.25, 0.3) is 0 Å². The summed E-state index contributed by atoms with van der Waals surface area (Å²) in [4.78, 5) is 0. The third-order valence-electron chi connectivity index (χ3n) is 12.6. The second kappa shape index (κ2) is 6.71. The third kappa shape index (κ3) is 2.60. The number of rotatable bonds is 5. The Labute approximate surface area is 187 Å². The maximum Gasteiger partial charge on any atom is -0.00478 e. The average molecular weight is 443 g/mol. The highest BCUT2D eigenvalue weighted by Gasteiger charge is 2.65. The fourth-order valence-electron chi connectivity index (χ4n) is 11.5. The zero-order chi connectivity index (χ0) is 19.5. The van der Waals surface area contributed by atoms with E-state index >= 15 is 0 Å². The van der Waals surface area contributed by atoms with E-state index in [1.54, 1.807) is 116 Å². The fraction of sp³-hybridized carbons (Fsp3) is 1.00. The van der Waals surface area contributed by atoms with Crippen molar-refractivity contribution in [1.82, 2.24) is 0 Å². The van der Waals surface area contributed by atoms with Crippen LogP contribution in [0.2, 0.25) is 0 Å². The summed E-state index contributed by atoms with van der Waals surface area (Å²) in [6.45, 7) is 0. The zero-order valence-corrected chi connectivity index (χ0v) is 21.0. The summed E-state index contributed by atoms with van der Waals surface area (Å²) >= 11 is 0. The maximum absolute atomic E-state index is 1.73. The highest BCUT2D eigenvalue weighted by atomic mass is 32.1. The molecule has 0 radical (unpaired) electrons. The predicted octanol–water partition coefficient (Wildman–Crippen LogP) is 8.91. The molecule has 8 rings (SSSR count). The van der Waals surface area contributed by atoms with Gasteiger partial charge in [-0.15, -0.1) is 0 Å². The monoisotopic (exact) mass is 442 g/mol. The van der Waals surface area contributed by atoms with E-state index in [4.69, 9.17) is 0 Å². The molecule has 0 saturated heterocycles. The molecule has 8 fully saturated rings. The number of hydrogen-bond acceptors (Lipinski definition) is 0. The van der Waals surface area contributed by atoms with Crippen LogP contribution in [0.5, 0.6) is 0 Å². The van der Waals surface area contributed by atoms with Crippen molar-refractivity contribution >= 4 is 15.2 Å². The lowest BCUT2D eigenvalue weighted by atomic mass is 9.99. The van der Waals surface area contributed by atoms with Crippen LogP contribution >= 0.6 is 15.2 Å². The number of hydrogen-bond donors (Lipinski definition) is 0. The van der Waals surface area contributed by atoms with Crippen LogP contribution in [0.1, 0.15) is 116 Å². The highest BCUT2D eigenvalue weighted by Crippen LogP contribution is 2.95. The minimum absolute atomic E-state index is 0.307. The van der Waals surface area contributed by atoms with Gasteiger partial charge in [0.1, 0.15) is 0 Å². The van der Waals surface area contributed by atoms with Crippen molar-refractivity contribution < 1.29 is 0 Å². The van der Waals surface area contributed by atoms with Crippen LogP contribution in [-0.2, 0) is 0 Å². The van der Waals surface area contributed by atoms with Gasteiger partial charge in [-0.3, -0.25) is 0 Å². The van der Waals surface area contributed by atoms with Gasteiger partial charge in [0.05, 0.1) is 0 Å². The third-order valence-corrected chi connectivity index (χ3v) is 24.5. The Kier molecular flexibility index (Phi) is 4.30. The molecule has 166 valence electrons. The van der Waals surface area contributed by atoms with E-state index in [1.165, 1.54) is 46.8 Å². The van der Waals surface area contributed by atoms with Crippen molar-refractivity contribution in [2.45, 2.75) is 137 Å². The molecule has 0 aromatic carbocycles. The lowest BCUT2D eigenvalue weighted by Crippen LogP contribution is -2.36. The molecule has 8 bridgehead atoms. The molecular formula is C28H44P2. The van der Waals surface area contributed by atoms with Crippen LogP contribution in [0.4, 0.5) is 0 Å². The SMILES string of the molecule is C1CC2CC1CC2P(C1CC2CCC1C2)P(C12CCC(CC1)C2)C12CCC(CC1)C2. The normalized spacial score (nSPS) is 59.6. The van der Waals surface area contributed by atoms with Crippen LogP contribution < -0.4 is 0 Å². The molecule has 0 spiro atoms. The van der Waals surface area contributed by atoms with Gasteiger partial charge in [-0.25, -0.2) is 0 Å². The average Bonchev–Trinajstić information content (AvgIpc) is 3.63. The quantitative estimate of drug-likeness (QED) is 0.373.